The number of hydrogen-bond donors (Lipinski definition) is 1. The lowest BCUT2D eigenvalue weighted by molar-refractivity contribution is 0.00578. The second kappa shape index (κ2) is 6.82. The summed E-state index contributed by atoms with van der Waals surface area (Å²) in [5.41, 5.74) is 1.09. The Hall–Kier alpha value is -1.53. The Kier molecular flexibility index (Phi) is 4.75. The fraction of sp³-hybridized carbons (Fsp3) is 0.667. The van der Waals surface area contributed by atoms with Crippen molar-refractivity contribution in [3.63, 3.8) is 0 Å². The zero-order chi connectivity index (χ0) is 19.2. The molecule has 0 bridgehead atoms. The van der Waals surface area contributed by atoms with Gasteiger partial charge in [-0.2, -0.15) is 0 Å². The standard InChI is InChI=1S/C21H31BN2O3/c1-20(2)21(3,4)27-22(26-20)17-9-11-18(12-10-17)23-19(25)24-13-15-7-5-6-8-16(15)14-24/h9-12,15-16H,5-8,13-14H2,1-4H3,(H,23,25). The first-order chi connectivity index (χ1) is 12.7. The summed E-state index contributed by atoms with van der Waals surface area (Å²) in [6.45, 7) is 10.0. The molecule has 2 amide bonds. The molecule has 0 aromatic heterocycles. The Bertz CT molecular complexity index is 674. The third-order valence-corrected chi connectivity index (χ3v) is 6.95. The number of fused-ring (bicyclic) bond motifs is 1. The van der Waals surface area contributed by atoms with Crippen molar-refractivity contribution in [1.82, 2.24) is 4.90 Å². The first kappa shape index (κ1) is 18.8. The molecule has 3 fully saturated rings. The van der Waals surface area contributed by atoms with Crippen molar-refractivity contribution in [3.05, 3.63) is 24.3 Å². The van der Waals surface area contributed by atoms with Gasteiger partial charge in [0.15, 0.2) is 0 Å². The number of nitrogens with zero attached hydrogens (tertiary/aromatic N) is 1. The van der Waals surface area contributed by atoms with E-state index in [0.717, 1.165) is 24.2 Å². The summed E-state index contributed by atoms with van der Waals surface area (Å²) in [5.74, 6) is 1.41. The molecule has 2 aliphatic heterocycles. The quantitative estimate of drug-likeness (QED) is 0.809. The topological polar surface area (TPSA) is 50.8 Å². The zero-order valence-corrected chi connectivity index (χ0v) is 17.0. The zero-order valence-electron chi connectivity index (χ0n) is 17.0. The first-order valence-corrected chi connectivity index (χ1v) is 10.3. The highest BCUT2D eigenvalue weighted by Gasteiger charge is 2.51. The Morgan fingerprint density at radius 2 is 1.52 bits per heavy atom. The van der Waals surface area contributed by atoms with Crippen LogP contribution in [0.25, 0.3) is 0 Å². The van der Waals surface area contributed by atoms with Gasteiger partial charge in [-0.25, -0.2) is 4.79 Å². The van der Waals surface area contributed by atoms with Gasteiger partial charge in [0, 0.05) is 18.8 Å². The van der Waals surface area contributed by atoms with Gasteiger partial charge >= 0.3 is 13.1 Å². The molecule has 1 saturated carbocycles. The van der Waals surface area contributed by atoms with Crippen LogP contribution in [0.2, 0.25) is 0 Å². The molecule has 0 radical (unpaired) electrons. The number of carbonyl (C=O) groups is 1. The van der Waals surface area contributed by atoms with Gasteiger partial charge in [0.05, 0.1) is 11.2 Å². The molecule has 146 valence electrons. The summed E-state index contributed by atoms with van der Waals surface area (Å²) in [6, 6.07) is 7.83. The number of likely N-dealkylation sites (tertiary alicyclic amines) is 1. The largest absolute Gasteiger partial charge is 0.494 e. The SMILES string of the molecule is CC1(C)OB(c2ccc(NC(=O)N3CC4CCCCC4C3)cc2)OC1(C)C. The fourth-order valence-corrected chi connectivity index (χ4v) is 4.48. The molecule has 27 heavy (non-hydrogen) atoms. The molecule has 2 saturated heterocycles. The van der Waals surface area contributed by atoms with Crippen LogP contribution in [0.1, 0.15) is 53.4 Å². The Labute approximate surface area is 162 Å². The van der Waals surface area contributed by atoms with Gasteiger partial charge in [0.1, 0.15) is 0 Å². The van der Waals surface area contributed by atoms with E-state index in [-0.39, 0.29) is 24.4 Å². The average molecular weight is 370 g/mol. The van der Waals surface area contributed by atoms with Gasteiger partial charge in [0.25, 0.3) is 0 Å². The summed E-state index contributed by atoms with van der Waals surface area (Å²) < 4.78 is 12.2. The van der Waals surface area contributed by atoms with Crippen molar-refractivity contribution in [2.75, 3.05) is 18.4 Å². The maximum absolute atomic E-state index is 12.6. The second-order valence-corrected chi connectivity index (χ2v) is 9.35. The number of urea groups is 1. The van der Waals surface area contributed by atoms with Crippen molar-refractivity contribution in [3.8, 4) is 0 Å². The Morgan fingerprint density at radius 3 is 2.04 bits per heavy atom. The summed E-state index contributed by atoms with van der Waals surface area (Å²) in [4.78, 5) is 14.6. The van der Waals surface area contributed by atoms with Gasteiger partial charge in [-0.05, 0) is 70.0 Å². The van der Waals surface area contributed by atoms with Crippen LogP contribution >= 0.6 is 0 Å². The lowest BCUT2D eigenvalue weighted by Crippen LogP contribution is -2.41. The van der Waals surface area contributed by atoms with Crippen molar-refractivity contribution in [2.45, 2.75) is 64.6 Å². The number of nitrogens with one attached hydrogen (secondary N) is 1. The van der Waals surface area contributed by atoms with E-state index in [1.165, 1.54) is 25.7 Å². The Morgan fingerprint density at radius 1 is 1.00 bits per heavy atom. The summed E-state index contributed by atoms with van der Waals surface area (Å²) in [7, 11) is -0.374. The molecule has 3 aliphatic rings. The number of amides is 2. The number of carbonyl (C=O) groups excluding carboxylic acids is 1. The van der Waals surface area contributed by atoms with Crippen LogP contribution in [0.15, 0.2) is 24.3 Å². The minimum Gasteiger partial charge on any atom is -0.399 e. The molecule has 6 heteroatoms. The van der Waals surface area contributed by atoms with Crippen LogP contribution in [0, 0.1) is 11.8 Å². The molecule has 2 heterocycles. The fourth-order valence-electron chi connectivity index (χ4n) is 4.48. The molecule has 1 aromatic rings. The van der Waals surface area contributed by atoms with E-state index in [0.29, 0.717) is 11.8 Å². The predicted octanol–water partition coefficient (Wildman–Crippen LogP) is 3.64. The Balaban J connectivity index is 1.36. The lowest BCUT2D eigenvalue weighted by Gasteiger charge is -2.32. The maximum atomic E-state index is 12.6. The summed E-state index contributed by atoms with van der Waals surface area (Å²) >= 11 is 0. The molecular weight excluding hydrogens is 339 g/mol. The van der Waals surface area contributed by atoms with Crippen molar-refractivity contribution >= 4 is 24.3 Å². The van der Waals surface area contributed by atoms with Crippen LogP contribution in [0.3, 0.4) is 0 Å². The van der Waals surface area contributed by atoms with Gasteiger partial charge in [-0.1, -0.05) is 25.0 Å². The third-order valence-electron chi connectivity index (χ3n) is 6.95. The molecule has 4 rings (SSSR count). The van der Waals surface area contributed by atoms with E-state index in [1.807, 2.05) is 29.2 Å². The lowest BCUT2D eigenvalue weighted by atomic mass is 9.79. The molecule has 5 nitrogen and oxygen atoms in total. The number of anilines is 1. The van der Waals surface area contributed by atoms with Crippen LogP contribution in [0.4, 0.5) is 10.5 Å². The molecule has 1 aliphatic carbocycles. The third kappa shape index (κ3) is 3.62. The van der Waals surface area contributed by atoms with Crippen LogP contribution in [0.5, 0.6) is 0 Å². The van der Waals surface area contributed by atoms with E-state index in [4.69, 9.17) is 9.31 Å². The van der Waals surface area contributed by atoms with E-state index in [9.17, 15) is 4.79 Å². The van der Waals surface area contributed by atoms with Crippen LogP contribution < -0.4 is 10.8 Å². The van der Waals surface area contributed by atoms with Gasteiger partial charge < -0.3 is 19.5 Å². The van der Waals surface area contributed by atoms with Crippen molar-refractivity contribution in [1.29, 1.82) is 0 Å². The molecule has 1 aromatic carbocycles. The monoisotopic (exact) mass is 370 g/mol. The highest BCUT2D eigenvalue weighted by Crippen LogP contribution is 2.37. The van der Waals surface area contributed by atoms with E-state index in [1.54, 1.807) is 0 Å². The number of benzene rings is 1. The van der Waals surface area contributed by atoms with Gasteiger partial charge in [-0.15, -0.1) is 0 Å². The van der Waals surface area contributed by atoms with Gasteiger partial charge in [0.2, 0.25) is 0 Å². The molecule has 2 unspecified atom stereocenters. The van der Waals surface area contributed by atoms with Crippen LogP contribution in [-0.2, 0) is 9.31 Å². The second-order valence-electron chi connectivity index (χ2n) is 9.35. The average Bonchev–Trinajstić information content (AvgIpc) is 3.14. The molecular formula is C21H31BN2O3. The van der Waals surface area contributed by atoms with E-state index < -0.39 is 0 Å². The normalized spacial score (nSPS) is 28.9. The van der Waals surface area contributed by atoms with E-state index in [2.05, 4.69) is 33.0 Å². The summed E-state index contributed by atoms with van der Waals surface area (Å²) in [6.07, 6.45) is 5.18. The van der Waals surface area contributed by atoms with Crippen LogP contribution in [-0.4, -0.2) is 42.3 Å². The molecule has 0 spiro atoms. The highest BCUT2D eigenvalue weighted by molar-refractivity contribution is 6.62. The van der Waals surface area contributed by atoms with Gasteiger partial charge in [-0.3, -0.25) is 0 Å². The molecule has 2 atom stereocenters. The minimum atomic E-state index is -0.374. The molecule has 1 N–H and O–H groups in total. The number of hydrogen-bond acceptors (Lipinski definition) is 3. The smallest absolute Gasteiger partial charge is 0.399 e. The van der Waals surface area contributed by atoms with Crippen molar-refractivity contribution < 1.29 is 14.1 Å². The summed E-state index contributed by atoms with van der Waals surface area (Å²) in [5, 5.41) is 3.05. The van der Waals surface area contributed by atoms with Crippen molar-refractivity contribution in [2.24, 2.45) is 11.8 Å². The highest BCUT2D eigenvalue weighted by atomic mass is 16.7. The maximum Gasteiger partial charge on any atom is 0.494 e. The first-order valence-electron chi connectivity index (χ1n) is 10.3. The minimum absolute atomic E-state index is 0.0211. The number of rotatable bonds is 2. The van der Waals surface area contributed by atoms with E-state index >= 15 is 0 Å². The predicted molar refractivity (Wildman–Crippen MR) is 108 cm³/mol.